The van der Waals surface area contributed by atoms with E-state index < -0.39 is 6.10 Å². The second-order valence-corrected chi connectivity index (χ2v) is 9.52. The molecule has 0 spiro atoms. The van der Waals surface area contributed by atoms with Crippen molar-refractivity contribution in [3.63, 3.8) is 0 Å². The number of hydrogen-bond acceptors (Lipinski definition) is 2. The van der Waals surface area contributed by atoms with Crippen molar-refractivity contribution in [1.82, 2.24) is 9.55 Å². The van der Waals surface area contributed by atoms with Crippen LogP contribution in [0.15, 0.2) is 54.6 Å². The van der Waals surface area contributed by atoms with E-state index in [-0.39, 0.29) is 0 Å². The summed E-state index contributed by atoms with van der Waals surface area (Å²) in [5, 5.41) is 11.0. The van der Waals surface area contributed by atoms with Crippen LogP contribution in [0.5, 0.6) is 0 Å². The quantitative estimate of drug-likeness (QED) is 0.210. The number of benzene rings is 2. The number of hydrogen-bond donors (Lipinski definition) is 1. The van der Waals surface area contributed by atoms with Gasteiger partial charge in [0.1, 0.15) is 11.9 Å². The molecule has 1 heterocycles. The fraction of sp³-hybridized carbons (Fsp3) is 0.567. The third-order valence-electron chi connectivity index (χ3n) is 6.78. The predicted octanol–water partition coefficient (Wildman–Crippen LogP) is 8.60. The van der Waals surface area contributed by atoms with Gasteiger partial charge in [0.25, 0.3) is 0 Å². The second kappa shape index (κ2) is 14.9. The Morgan fingerprint density at radius 2 is 1.18 bits per heavy atom. The number of aromatic nitrogens is 2. The molecule has 180 valence electrons. The SMILES string of the molecule is CCCCCCCCCCCCCCCCn1c(C(O)c2ccccc2)nc2ccccc21. The van der Waals surface area contributed by atoms with Gasteiger partial charge in [-0.25, -0.2) is 4.98 Å². The molecule has 0 amide bonds. The molecule has 0 saturated heterocycles. The molecule has 0 fully saturated rings. The highest BCUT2D eigenvalue weighted by Gasteiger charge is 2.19. The zero-order valence-electron chi connectivity index (χ0n) is 20.7. The lowest BCUT2D eigenvalue weighted by atomic mass is 10.0. The van der Waals surface area contributed by atoms with Gasteiger partial charge in [-0.2, -0.15) is 0 Å². The lowest BCUT2D eigenvalue weighted by Gasteiger charge is -2.14. The van der Waals surface area contributed by atoms with E-state index in [2.05, 4.69) is 23.6 Å². The summed E-state index contributed by atoms with van der Waals surface area (Å²) in [7, 11) is 0. The molecule has 1 atom stereocenters. The van der Waals surface area contributed by atoms with Crippen LogP contribution in [0.1, 0.15) is 114 Å². The standard InChI is InChI=1S/C30H44N2O/c1-2-3-4-5-6-7-8-9-10-11-12-13-14-20-25-32-28-24-19-18-23-27(28)31-30(32)29(33)26-21-16-15-17-22-26/h15-19,21-24,29,33H,2-14,20,25H2,1H3. The number of fused-ring (bicyclic) bond motifs is 1. The normalized spacial score (nSPS) is 12.4. The highest BCUT2D eigenvalue weighted by molar-refractivity contribution is 5.76. The molecule has 3 rings (SSSR count). The molecular formula is C30H44N2O. The number of imidazole rings is 1. The van der Waals surface area contributed by atoms with E-state index in [9.17, 15) is 5.11 Å². The van der Waals surface area contributed by atoms with Crippen LogP contribution < -0.4 is 0 Å². The molecule has 3 nitrogen and oxygen atoms in total. The minimum absolute atomic E-state index is 0.690. The molecule has 0 aliphatic heterocycles. The molecule has 0 aliphatic rings. The van der Waals surface area contributed by atoms with Gasteiger partial charge in [-0.05, 0) is 24.1 Å². The summed E-state index contributed by atoms with van der Waals surface area (Å²) >= 11 is 0. The van der Waals surface area contributed by atoms with Crippen LogP contribution >= 0.6 is 0 Å². The van der Waals surface area contributed by atoms with Crippen LogP contribution in [-0.4, -0.2) is 14.7 Å². The van der Waals surface area contributed by atoms with Crippen LogP contribution in [-0.2, 0) is 6.54 Å². The minimum Gasteiger partial charge on any atom is -0.380 e. The summed E-state index contributed by atoms with van der Waals surface area (Å²) in [6, 6.07) is 18.1. The average molecular weight is 449 g/mol. The number of rotatable bonds is 17. The summed E-state index contributed by atoms with van der Waals surface area (Å²) in [6.07, 6.45) is 18.4. The first-order chi connectivity index (χ1) is 16.3. The molecule has 3 aromatic rings. The van der Waals surface area contributed by atoms with Crippen molar-refractivity contribution in [2.24, 2.45) is 0 Å². The van der Waals surface area contributed by atoms with Crippen molar-refractivity contribution in [1.29, 1.82) is 0 Å². The zero-order valence-corrected chi connectivity index (χ0v) is 20.7. The predicted molar refractivity (Wildman–Crippen MR) is 141 cm³/mol. The fourth-order valence-electron chi connectivity index (χ4n) is 4.79. The van der Waals surface area contributed by atoms with Gasteiger partial charge in [0.2, 0.25) is 0 Å². The number of nitrogens with zero attached hydrogens (tertiary/aromatic N) is 2. The van der Waals surface area contributed by atoms with Crippen molar-refractivity contribution in [3.8, 4) is 0 Å². The number of aryl methyl sites for hydroxylation is 1. The smallest absolute Gasteiger partial charge is 0.143 e. The molecule has 3 heteroatoms. The number of aliphatic hydroxyl groups excluding tert-OH is 1. The first-order valence-corrected chi connectivity index (χ1v) is 13.5. The molecule has 33 heavy (non-hydrogen) atoms. The molecule has 0 aliphatic carbocycles. The Bertz CT molecular complexity index is 902. The summed E-state index contributed by atoms with van der Waals surface area (Å²) in [5.41, 5.74) is 2.99. The van der Waals surface area contributed by atoms with Gasteiger partial charge in [0.05, 0.1) is 11.0 Å². The highest BCUT2D eigenvalue weighted by atomic mass is 16.3. The molecule has 0 saturated carbocycles. The molecular weight excluding hydrogens is 404 g/mol. The van der Waals surface area contributed by atoms with E-state index in [1.807, 2.05) is 42.5 Å². The second-order valence-electron chi connectivity index (χ2n) is 9.52. The number of aliphatic hydroxyl groups is 1. The third-order valence-corrected chi connectivity index (χ3v) is 6.78. The van der Waals surface area contributed by atoms with Crippen molar-refractivity contribution in [2.75, 3.05) is 0 Å². The first kappa shape index (κ1) is 25.5. The summed E-state index contributed by atoms with van der Waals surface area (Å²) in [5.74, 6) is 0.761. The van der Waals surface area contributed by atoms with E-state index in [0.29, 0.717) is 0 Å². The molecule has 1 N–H and O–H groups in total. The van der Waals surface area contributed by atoms with Crippen molar-refractivity contribution in [3.05, 3.63) is 66.0 Å². The van der Waals surface area contributed by atoms with E-state index in [0.717, 1.165) is 35.4 Å². The lowest BCUT2D eigenvalue weighted by Crippen LogP contribution is -2.10. The van der Waals surface area contributed by atoms with Crippen LogP contribution in [0.25, 0.3) is 11.0 Å². The van der Waals surface area contributed by atoms with Crippen LogP contribution in [0, 0.1) is 0 Å². The van der Waals surface area contributed by atoms with Gasteiger partial charge in [0.15, 0.2) is 0 Å². The van der Waals surface area contributed by atoms with Crippen molar-refractivity contribution in [2.45, 2.75) is 109 Å². The largest absolute Gasteiger partial charge is 0.380 e. The maximum Gasteiger partial charge on any atom is 0.143 e. The number of para-hydroxylation sites is 2. The molecule has 2 aromatic carbocycles. The monoisotopic (exact) mass is 448 g/mol. The third kappa shape index (κ3) is 8.30. The van der Waals surface area contributed by atoms with E-state index >= 15 is 0 Å². The van der Waals surface area contributed by atoms with Gasteiger partial charge in [-0.15, -0.1) is 0 Å². The maximum absolute atomic E-state index is 11.0. The number of unbranched alkanes of at least 4 members (excludes halogenated alkanes) is 13. The Morgan fingerprint density at radius 3 is 1.79 bits per heavy atom. The lowest BCUT2D eigenvalue weighted by molar-refractivity contribution is 0.204. The van der Waals surface area contributed by atoms with Crippen LogP contribution in [0.2, 0.25) is 0 Å². The first-order valence-electron chi connectivity index (χ1n) is 13.5. The summed E-state index contributed by atoms with van der Waals surface area (Å²) in [6.45, 7) is 3.20. The highest BCUT2D eigenvalue weighted by Crippen LogP contribution is 2.26. The molecule has 1 unspecified atom stereocenters. The summed E-state index contributed by atoms with van der Waals surface area (Å²) < 4.78 is 2.23. The van der Waals surface area contributed by atoms with Crippen molar-refractivity contribution >= 4 is 11.0 Å². The van der Waals surface area contributed by atoms with Gasteiger partial charge in [0, 0.05) is 6.54 Å². The van der Waals surface area contributed by atoms with Crippen LogP contribution in [0.4, 0.5) is 0 Å². The van der Waals surface area contributed by atoms with Crippen LogP contribution in [0.3, 0.4) is 0 Å². The fourth-order valence-corrected chi connectivity index (χ4v) is 4.79. The summed E-state index contributed by atoms with van der Waals surface area (Å²) in [4.78, 5) is 4.79. The molecule has 0 bridgehead atoms. The molecule has 1 aromatic heterocycles. The molecule has 0 radical (unpaired) electrons. The van der Waals surface area contributed by atoms with Gasteiger partial charge in [-0.1, -0.05) is 133 Å². The Hall–Kier alpha value is -2.13. The Kier molecular flexibility index (Phi) is 11.5. The maximum atomic E-state index is 11.0. The Morgan fingerprint density at radius 1 is 0.667 bits per heavy atom. The zero-order chi connectivity index (χ0) is 23.1. The van der Waals surface area contributed by atoms with Gasteiger partial charge < -0.3 is 9.67 Å². The van der Waals surface area contributed by atoms with E-state index in [1.165, 1.54) is 83.5 Å². The van der Waals surface area contributed by atoms with E-state index in [4.69, 9.17) is 4.98 Å². The average Bonchev–Trinajstić information content (AvgIpc) is 3.23. The van der Waals surface area contributed by atoms with Gasteiger partial charge in [-0.3, -0.25) is 0 Å². The Balaban J connectivity index is 1.37. The Labute approximate surface area is 201 Å². The van der Waals surface area contributed by atoms with Crippen molar-refractivity contribution < 1.29 is 5.11 Å². The van der Waals surface area contributed by atoms with Gasteiger partial charge >= 0.3 is 0 Å². The minimum atomic E-state index is -0.690. The topological polar surface area (TPSA) is 38.0 Å². The van der Waals surface area contributed by atoms with E-state index in [1.54, 1.807) is 0 Å².